The van der Waals surface area contributed by atoms with E-state index in [9.17, 15) is 9.59 Å². The van der Waals surface area contributed by atoms with Crippen molar-refractivity contribution in [3.8, 4) is 0 Å². The Morgan fingerprint density at radius 1 is 0.393 bits per heavy atom. The first-order valence-corrected chi connectivity index (χ1v) is 25.3. The standard InChI is InChI=1S/C51H101NO4/c1-8-12-26-36-48(37-27-13-9-2)44-50(53)55-42-32-24-20-16-18-22-30-34-47(40-41-52(7)46(5)6)35-31-23-19-17-21-25-33-43-56-51(54)45-49(38-28-14-10-3)39-29-15-11-4/h46-49H,8-45H2,1-7H3. The van der Waals surface area contributed by atoms with E-state index >= 15 is 0 Å². The summed E-state index contributed by atoms with van der Waals surface area (Å²) < 4.78 is 11.3. The second kappa shape index (κ2) is 42.0. The van der Waals surface area contributed by atoms with E-state index in [1.165, 1.54) is 206 Å². The van der Waals surface area contributed by atoms with Crippen LogP contribution < -0.4 is 0 Å². The highest BCUT2D eigenvalue weighted by Crippen LogP contribution is 2.25. The van der Waals surface area contributed by atoms with Crippen molar-refractivity contribution in [3.05, 3.63) is 0 Å². The molecule has 0 amide bonds. The van der Waals surface area contributed by atoms with Crippen LogP contribution in [-0.4, -0.2) is 49.7 Å². The van der Waals surface area contributed by atoms with Crippen molar-refractivity contribution in [1.82, 2.24) is 4.90 Å². The molecule has 0 aromatic heterocycles. The van der Waals surface area contributed by atoms with E-state index in [2.05, 4.69) is 53.5 Å². The minimum atomic E-state index is 0.0396. The number of nitrogens with zero attached hydrogens (tertiary/aromatic N) is 1. The summed E-state index contributed by atoms with van der Waals surface area (Å²) in [5.41, 5.74) is 0. The van der Waals surface area contributed by atoms with E-state index in [-0.39, 0.29) is 11.9 Å². The SMILES string of the molecule is CCCCCC(CCCCC)CC(=O)OCCCCCCCCCC(CCCCCCCCCOC(=O)CC(CCCCC)CCCCC)CCN(C)C(C)C. The van der Waals surface area contributed by atoms with E-state index < -0.39 is 0 Å². The van der Waals surface area contributed by atoms with Crippen LogP contribution in [-0.2, 0) is 19.1 Å². The van der Waals surface area contributed by atoms with Crippen LogP contribution in [0.15, 0.2) is 0 Å². The molecule has 0 bridgehead atoms. The lowest BCUT2D eigenvalue weighted by Gasteiger charge is -2.24. The van der Waals surface area contributed by atoms with Crippen LogP contribution in [0, 0.1) is 17.8 Å². The smallest absolute Gasteiger partial charge is 0.306 e. The molecule has 0 aliphatic rings. The first-order chi connectivity index (χ1) is 27.3. The maximum absolute atomic E-state index is 12.5. The summed E-state index contributed by atoms with van der Waals surface area (Å²) >= 11 is 0. The van der Waals surface area contributed by atoms with Crippen LogP contribution in [0.25, 0.3) is 0 Å². The van der Waals surface area contributed by atoms with Gasteiger partial charge in [0.25, 0.3) is 0 Å². The highest BCUT2D eigenvalue weighted by atomic mass is 16.5. The summed E-state index contributed by atoms with van der Waals surface area (Å²) in [6.45, 7) is 16.1. The molecule has 0 rings (SSSR count). The van der Waals surface area contributed by atoms with Crippen molar-refractivity contribution in [2.24, 2.45) is 17.8 Å². The van der Waals surface area contributed by atoms with Gasteiger partial charge in [0, 0.05) is 18.9 Å². The van der Waals surface area contributed by atoms with Gasteiger partial charge in [-0.15, -0.1) is 0 Å². The number of hydrogen-bond acceptors (Lipinski definition) is 5. The largest absolute Gasteiger partial charge is 0.466 e. The average Bonchev–Trinajstić information content (AvgIpc) is 3.17. The molecule has 0 spiro atoms. The molecule has 0 unspecified atom stereocenters. The molecule has 0 aromatic carbocycles. The zero-order valence-corrected chi connectivity index (χ0v) is 39.3. The van der Waals surface area contributed by atoms with Crippen LogP contribution in [0.5, 0.6) is 0 Å². The van der Waals surface area contributed by atoms with Gasteiger partial charge in [-0.3, -0.25) is 9.59 Å². The lowest BCUT2D eigenvalue weighted by molar-refractivity contribution is -0.146. The highest BCUT2D eigenvalue weighted by molar-refractivity contribution is 5.70. The Labute approximate surface area is 351 Å². The number of hydrogen-bond donors (Lipinski definition) is 0. The van der Waals surface area contributed by atoms with E-state index in [1.807, 2.05) is 0 Å². The van der Waals surface area contributed by atoms with Crippen molar-refractivity contribution < 1.29 is 19.1 Å². The van der Waals surface area contributed by atoms with Gasteiger partial charge in [-0.1, -0.05) is 195 Å². The van der Waals surface area contributed by atoms with E-state index in [0.717, 1.165) is 18.8 Å². The van der Waals surface area contributed by atoms with E-state index in [4.69, 9.17) is 9.47 Å². The van der Waals surface area contributed by atoms with Gasteiger partial charge in [0.15, 0.2) is 0 Å². The molecular weight excluding hydrogens is 691 g/mol. The van der Waals surface area contributed by atoms with Crippen molar-refractivity contribution in [3.63, 3.8) is 0 Å². The zero-order valence-electron chi connectivity index (χ0n) is 39.3. The Morgan fingerprint density at radius 2 is 0.679 bits per heavy atom. The van der Waals surface area contributed by atoms with Gasteiger partial charge >= 0.3 is 11.9 Å². The molecule has 0 atom stereocenters. The van der Waals surface area contributed by atoms with Gasteiger partial charge in [-0.2, -0.15) is 0 Å². The Morgan fingerprint density at radius 3 is 1.00 bits per heavy atom. The summed E-state index contributed by atoms with van der Waals surface area (Å²) in [5.74, 6) is 1.98. The maximum Gasteiger partial charge on any atom is 0.306 e. The van der Waals surface area contributed by atoms with Crippen molar-refractivity contribution in [2.45, 2.75) is 272 Å². The molecular formula is C51H101NO4. The Balaban J connectivity index is 4.13. The lowest BCUT2D eigenvalue weighted by Crippen LogP contribution is -2.28. The van der Waals surface area contributed by atoms with Crippen molar-refractivity contribution >= 4 is 11.9 Å². The van der Waals surface area contributed by atoms with Gasteiger partial charge in [-0.25, -0.2) is 0 Å². The molecule has 0 heterocycles. The topological polar surface area (TPSA) is 55.8 Å². The van der Waals surface area contributed by atoms with Crippen LogP contribution in [0.4, 0.5) is 0 Å². The fraction of sp³-hybridized carbons (Fsp3) is 0.961. The maximum atomic E-state index is 12.5. The molecule has 0 fully saturated rings. The molecule has 0 aliphatic carbocycles. The number of unbranched alkanes of at least 4 members (excludes halogenated alkanes) is 20. The monoisotopic (exact) mass is 792 g/mol. The summed E-state index contributed by atoms with van der Waals surface area (Å²) in [6.07, 6.45) is 42.9. The predicted molar refractivity (Wildman–Crippen MR) is 244 cm³/mol. The summed E-state index contributed by atoms with van der Waals surface area (Å²) in [5, 5.41) is 0. The molecule has 0 aliphatic heterocycles. The predicted octanol–water partition coefficient (Wildman–Crippen LogP) is 16.0. The number of carbonyl (C=O) groups excluding carboxylic acids is 2. The zero-order chi connectivity index (χ0) is 41.3. The quantitative estimate of drug-likeness (QED) is 0.0454. The molecule has 5 nitrogen and oxygen atoms in total. The lowest BCUT2D eigenvalue weighted by atomic mass is 9.91. The first kappa shape index (κ1) is 54.9. The van der Waals surface area contributed by atoms with Crippen molar-refractivity contribution in [1.29, 1.82) is 0 Å². The second-order valence-electron chi connectivity index (χ2n) is 18.3. The van der Waals surface area contributed by atoms with Gasteiger partial charge in [0.1, 0.15) is 0 Å². The Kier molecular flexibility index (Phi) is 41.2. The van der Waals surface area contributed by atoms with Crippen LogP contribution in [0.2, 0.25) is 0 Å². The number of ether oxygens (including phenoxy) is 2. The fourth-order valence-electron chi connectivity index (χ4n) is 8.31. The fourth-order valence-corrected chi connectivity index (χ4v) is 8.31. The number of esters is 2. The third-order valence-corrected chi connectivity index (χ3v) is 12.6. The molecule has 0 aromatic rings. The summed E-state index contributed by atoms with van der Waals surface area (Å²) in [7, 11) is 2.28. The number of rotatable bonds is 44. The summed E-state index contributed by atoms with van der Waals surface area (Å²) in [6, 6.07) is 0.619. The molecule has 5 heteroatoms. The van der Waals surface area contributed by atoms with Crippen LogP contribution in [0.3, 0.4) is 0 Å². The molecule has 0 radical (unpaired) electrons. The molecule has 334 valence electrons. The molecule has 0 saturated carbocycles. The molecule has 56 heavy (non-hydrogen) atoms. The van der Waals surface area contributed by atoms with Crippen LogP contribution >= 0.6 is 0 Å². The first-order valence-electron chi connectivity index (χ1n) is 25.3. The minimum Gasteiger partial charge on any atom is -0.466 e. The summed E-state index contributed by atoms with van der Waals surface area (Å²) in [4.78, 5) is 27.5. The third-order valence-electron chi connectivity index (χ3n) is 12.6. The Hall–Kier alpha value is -1.10. The van der Waals surface area contributed by atoms with Gasteiger partial charge in [0.05, 0.1) is 13.2 Å². The Bertz CT molecular complexity index is 753. The van der Waals surface area contributed by atoms with Gasteiger partial charge in [0.2, 0.25) is 0 Å². The minimum absolute atomic E-state index is 0.0396. The average molecular weight is 792 g/mol. The van der Waals surface area contributed by atoms with Gasteiger partial charge < -0.3 is 14.4 Å². The van der Waals surface area contributed by atoms with E-state index in [1.54, 1.807) is 0 Å². The third kappa shape index (κ3) is 37.2. The van der Waals surface area contributed by atoms with Crippen LogP contribution in [0.1, 0.15) is 266 Å². The molecule has 0 N–H and O–H groups in total. The molecule has 0 saturated heterocycles. The number of carbonyl (C=O) groups is 2. The van der Waals surface area contributed by atoms with Crippen molar-refractivity contribution in [2.75, 3.05) is 26.8 Å². The normalized spacial score (nSPS) is 11.9. The van der Waals surface area contributed by atoms with E-state index in [0.29, 0.717) is 43.9 Å². The van der Waals surface area contributed by atoms with Gasteiger partial charge in [-0.05, 0) is 90.1 Å². The highest BCUT2D eigenvalue weighted by Gasteiger charge is 2.16. The second-order valence-corrected chi connectivity index (χ2v) is 18.3.